The third kappa shape index (κ3) is 1.94. The van der Waals surface area contributed by atoms with Crippen molar-refractivity contribution in [2.24, 2.45) is 0 Å². The Morgan fingerprint density at radius 1 is 1.36 bits per heavy atom. The fourth-order valence-corrected chi connectivity index (χ4v) is 2.24. The highest BCUT2D eigenvalue weighted by molar-refractivity contribution is 9.11. The highest BCUT2D eigenvalue weighted by atomic mass is 79.9. The highest BCUT2D eigenvalue weighted by Gasteiger charge is 2.07. The summed E-state index contributed by atoms with van der Waals surface area (Å²) in [5.41, 5.74) is 0.764. The molecule has 1 heterocycles. The molecule has 1 aromatic carbocycles. The van der Waals surface area contributed by atoms with Gasteiger partial charge < -0.3 is 0 Å². The summed E-state index contributed by atoms with van der Waals surface area (Å²) in [4.78, 5) is 0. The van der Waals surface area contributed by atoms with Crippen LogP contribution >= 0.6 is 38.9 Å². The van der Waals surface area contributed by atoms with Gasteiger partial charge in [-0.2, -0.15) is 0 Å². The summed E-state index contributed by atoms with van der Waals surface area (Å²) in [6.45, 7) is 0. The Morgan fingerprint density at radius 3 is 2.71 bits per heavy atom. The SMILES string of the molecule is Fc1ccc(-c2nnc(Br)s2)cc1Cl. The first kappa shape index (κ1) is 10.0. The van der Waals surface area contributed by atoms with Crippen LogP contribution in [0.15, 0.2) is 22.1 Å². The van der Waals surface area contributed by atoms with Crippen LogP contribution in [0.3, 0.4) is 0 Å². The Balaban J connectivity index is 2.47. The molecule has 0 N–H and O–H groups in total. The molecule has 0 radical (unpaired) electrons. The van der Waals surface area contributed by atoms with Crippen LogP contribution in [0.25, 0.3) is 10.6 Å². The lowest BCUT2D eigenvalue weighted by Gasteiger charge is -1.96. The minimum Gasteiger partial charge on any atom is -0.205 e. The third-order valence-corrected chi connectivity index (χ3v) is 3.26. The lowest BCUT2D eigenvalue weighted by atomic mass is 10.2. The quantitative estimate of drug-likeness (QED) is 0.800. The highest BCUT2D eigenvalue weighted by Crippen LogP contribution is 2.28. The van der Waals surface area contributed by atoms with Crippen molar-refractivity contribution in [1.82, 2.24) is 10.2 Å². The van der Waals surface area contributed by atoms with Gasteiger partial charge in [0.05, 0.1) is 5.02 Å². The van der Waals surface area contributed by atoms with Crippen molar-refractivity contribution in [2.75, 3.05) is 0 Å². The molecule has 6 heteroatoms. The van der Waals surface area contributed by atoms with E-state index < -0.39 is 5.82 Å². The zero-order chi connectivity index (χ0) is 10.1. The van der Waals surface area contributed by atoms with Gasteiger partial charge in [0.15, 0.2) is 3.92 Å². The van der Waals surface area contributed by atoms with Crippen molar-refractivity contribution in [1.29, 1.82) is 0 Å². The molecule has 0 bridgehead atoms. The fraction of sp³-hybridized carbons (Fsp3) is 0. The molecule has 0 saturated heterocycles. The Hall–Kier alpha value is -0.520. The van der Waals surface area contributed by atoms with E-state index in [0.717, 1.165) is 5.56 Å². The number of hydrogen-bond acceptors (Lipinski definition) is 3. The van der Waals surface area contributed by atoms with Crippen LogP contribution in [0.4, 0.5) is 4.39 Å². The van der Waals surface area contributed by atoms with Crippen LogP contribution < -0.4 is 0 Å². The molecule has 0 atom stereocenters. The van der Waals surface area contributed by atoms with Gasteiger partial charge in [0.2, 0.25) is 0 Å². The molecular formula is C8H3BrClFN2S. The van der Waals surface area contributed by atoms with Crippen LogP contribution in [0.2, 0.25) is 5.02 Å². The Labute approximate surface area is 96.9 Å². The number of aromatic nitrogens is 2. The van der Waals surface area contributed by atoms with Gasteiger partial charge >= 0.3 is 0 Å². The molecule has 0 unspecified atom stereocenters. The van der Waals surface area contributed by atoms with Gasteiger partial charge in [-0.15, -0.1) is 10.2 Å². The zero-order valence-corrected chi connectivity index (χ0v) is 9.83. The van der Waals surface area contributed by atoms with E-state index in [0.29, 0.717) is 8.92 Å². The standard InChI is InChI=1S/C8H3BrClFN2S/c9-8-13-12-7(14-8)4-1-2-6(11)5(10)3-4/h1-3H. The Morgan fingerprint density at radius 2 is 2.14 bits per heavy atom. The fourth-order valence-electron chi connectivity index (χ4n) is 0.951. The number of hydrogen-bond donors (Lipinski definition) is 0. The van der Waals surface area contributed by atoms with Gasteiger partial charge in [0.25, 0.3) is 0 Å². The molecular weight excluding hydrogens is 291 g/mol. The minimum absolute atomic E-state index is 0.0915. The third-order valence-electron chi connectivity index (χ3n) is 1.57. The van der Waals surface area contributed by atoms with Crippen molar-refractivity contribution < 1.29 is 4.39 Å². The smallest absolute Gasteiger partial charge is 0.183 e. The number of nitrogens with zero attached hydrogens (tertiary/aromatic N) is 2. The van der Waals surface area contributed by atoms with Crippen LogP contribution in [0.5, 0.6) is 0 Å². The average Bonchev–Trinajstić information content (AvgIpc) is 2.57. The van der Waals surface area contributed by atoms with E-state index in [9.17, 15) is 4.39 Å². The van der Waals surface area contributed by atoms with Crippen LogP contribution in [0.1, 0.15) is 0 Å². The first-order valence-electron chi connectivity index (χ1n) is 3.61. The van der Waals surface area contributed by atoms with Crippen LogP contribution in [0, 0.1) is 5.82 Å². The van der Waals surface area contributed by atoms with Crippen LogP contribution in [-0.4, -0.2) is 10.2 Å². The monoisotopic (exact) mass is 292 g/mol. The average molecular weight is 294 g/mol. The predicted molar refractivity (Wildman–Crippen MR) is 58.0 cm³/mol. The summed E-state index contributed by atoms with van der Waals surface area (Å²) in [5.74, 6) is -0.431. The van der Waals surface area contributed by atoms with E-state index in [1.165, 1.54) is 23.5 Å². The maximum atomic E-state index is 12.8. The Bertz CT molecular complexity index is 474. The van der Waals surface area contributed by atoms with Gasteiger partial charge in [-0.05, 0) is 34.1 Å². The summed E-state index contributed by atoms with van der Waals surface area (Å²) in [6.07, 6.45) is 0. The second-order valence-corrected chi connectivity index (χ2v) is 5.15. The molecule has 0 amide bonds. The van der Waals surface area contributed by atoms with E-state index in [-0.39, 0.29) is 5.02 Å². The summed E-state index contributed by atoms with van der Waals surface area (Å²) >= 11 is 10.2. The van der Waals surface area contributed by atoms with E-state index in [1.807, 2.05) is 0 Å². The molecule has 0 fully saturated rings. The van der Waals surface area contributed by atoms with Crippen molar-refractivity contribution in [2.45, 2.75) is 0 Å². The molecule has 0 aliphatic heterocycles. The minimum atomic E-state index is -0.431. The van der Waals surface area contributed by atoms with Crippen molar-refractivity contribution >= 4 is 38.9 Å². The molecule has 2 rings (SSSR count). The summed E-state index contributed by atoms with van der Waals surface area (Å²) < 4.78 is 13.5. The first-order chi connectivity index (χ1) is 6.66. The van der Waals surface area contributed by atoms with Gasteiger partial charge in [-0.25, -0.2) is 4.39 Å². The predicted octanol–water partition coefficient (Wildman–Crippen LogP) is 3.76. The molecule has 2 aromatic rings. The maximum Gasteiger partial charge on any atom is 0.183 e. The van der Waals surface area contributed by atoms with Gasteiger partial charge in [-0.1, -0.05) is 22.9 Å². The molecule has 72 valence electrons. The van der Waals surface area contributed by atoms with Crippen molar-refractivity contribution in [3.63, 3.8) is 0 Å². The van der Waals surface area contributed by atoms with E-state index in [2.05, 4.69) is 26.1 Å². The molecule has 14 heavy (non-hydrogen) atoms. The summed E-state index contributed by atoms with van der Waals surface area (Å²) in [6, 6.07) is 4.46. The first-order valence-corrected chi connectivity index (χ1v) is 5.60. The summed E-state index contributed by atoms with van der Waals surface area (Å²) in [5, 5.41) is 8.49. The van der Waals surface area contributed by atoms with E-state index in [4.69, 9.17) is 11.6 Å². The molecule has 2 nitrogen and oxygen atoms in total. The zero-order valence-electron chi connectivity index (χ0n) is 6.67. The van der Waals surface area contributed by atoms with Gasteiger partial charge in [0.1, 0.15) is 10.8 Å². The summed E-state index contributed by atoms with van der Waals surface area (Å²) in [7, 11) is 0. The number of benzene rings is 1. The van der Waals surface area contributed by atoms with Crippen LogP contribution in [-0.2, 0) is 0 Å². The lowest BCUT2D eigenvalue weighted by Crippen LogP contribution is -1.80. The van der Waals surface area contributed by atoms with Gasteiger partial charge in [0, 0.05) is 5.56 Å². The van der Waals surface area contributed by atoms with Crippen molar-refractivity contribution in [3.8, 4) is 10.6 Å². The van der Waals surface area contributed by atoms with Crippen molar-refractivity contribution in [3.05, 3.63) is 33.0 Å². The van der Waals surface area contributed by atoms with E-state index in [1.54, 1.807) is 6.07 Å². The van der Waals surface area contributed by atoms with Gasteiger partial charge in [-0.3, -0.25) is 0 Å². The molecule has 1 aromatic heterocycles. The lowest BCUT2D eigenvalue weighted by molar-refractivity contribution is 0.628. The maximum absolute atomic E-state index is 12.8. The second kappa shape index (κ2) is 3.92. The molecule has 0 saturated carbocycles. The normalized spacial score (nSPS) is 10.5. The van der Waals surface area contributed by atoms with E-state index >= 15 is 0 Å². The number of rotatable bonds is 1. The molecule has 0 aliphatic rings. The molecule has 0 aliphatic carbocycles. The number of halogens is 3. The topological polar surface area (TPSA) is 25.8 Å². The Kier molecular flexibility index (Phi) is 2.80. The second-order valence-electron chi connectivity index (χ2n) is 2.49. The largest absolute Gasteiger partial charge is 0.205 e. The molecule has 0 spiro atoms.